The zero-order chi connectivity index (χ0) is 24.9. The number of esters is 1. The Hall–Kier alpha value is -4.66. The summed E-state index contributed by atoms with van der Waals surface area (Å²) in [5.41, 5.74) is 4.89. The second kappa shape index (κ2) is 10.1. The minimum atomic E-state index is -1.28. The predicted octanol–water partition coefficient (Wildman–Crippen LogP) is 3.95. The highest BCUT2D eigenvalue weighted by Crippen LogP contribution is 2.25. The predicted molar refractivity (Wildman–Crippen MR) is 130 cm³/mol. The lowest BCUT2D eigenvalue weighted by atomic mass is 9.98. The fourth-order valence-electron chi connectivity index (χ4n) is 4.00. The number of nitrogens with one attached hydrogen (secondary N) is 3. The third kappa shape index (κ3) is 4.84. The summed E-state index contributed by atoms with van der Waals surface area (Å²) in [6.07, 6.45) is -1.28. The summed E-state index contributed by atoms with van der Waals surface area (Å²) in [7, 11) is 1.35. The molecule has 1 heterocycles. The topological polar surface area (TPSA) is 128 Å². The maximum atomic E-state index is 12.4. The largest absolute Gasteiger partial charge is 0.465 e. The number of ether oxygens (including phenoxy) is 2. The number of carbonyl (C=O) groups excluding carboxylic acids is 1. The molecule has 4 N–H and O–H groups in total. The monoisotopic (exact) mass is 473 g/mol. The molecule has 0 saturated heterocycles. The summed E-state index contributed by atoms with van der Waals surface area (Å²) in [6.45, 7) is 2.77. The van der Waals surface area contributed by atoms with Crippen molar-refractivity contribution in [2.24, 2.45) is 0 Å². The molecule has 0 atom stereocenters. The van der Waals surface area contributed by atoms with Crippen LogP contribution < -0.4 is 14.6 Å². The van der Waals surface area contributed by atoms with E-state index in [0.717, 1.165) is 22.2 Å². The average molecular weight is 474 g/mol. The van der Waals surface area contributed by atoms with Gasteiger partial charge in [0.2, 0.25) is 0 Å². The molecule has 0 aliphatic carbocycles. The van der Waals surface area contributed by atoms with Crippen LogP contribution in [0.15, 0.2) is 66.7 Å². The van der Waals surface area contributed by atoms with Gasteiger partial charge in [-0.2, -0.15) is 4.57 Å². The van der Waals surface area contributed by atoms with Gasteiger partial charge in [0, 0.05) is 5.56 Å². The van der Waals surface area contributed by atoms with E-state index >= 15 is 0 Å². The van der Waals surface area contributed by atoms with Crippen LogP contribution in [0.3, 0.4) is 0 Å². The highest BCUT2D eigenvalue weighted by atomic mass is 16.5. The van der Waals surface area contributed by atoms with Crippen LogP contribution in [0.5, 0.6) is 6.01 Å². The molecule has 0 aliphatic rings. The minimum Gasteiger partial charge on any atom is -0.465 e. The first-order chi connectivity index (χ1) is 16.9. The molecule has 0 spiro atoms. The smallest absolute Gasteiger partial charge is 0.455 e. The summed E-state index contributed by atoms with van der Waals surface area (Å²) in [5.74, 6) is -0.626. The van der Waals surface area contributed by atoms with Gasteiger partial charge in [0.25, 0.3) is 0 Å². The van der Waals surface area contributed by atoms with Gasteiger partial charge >= 0.3 is 18.1 Å². The lowest BCUT2D eigenvalue weighted by Crippen LogP contribution is -2.36. The van der Waals surface area contributed by atoms with Gasteiger partial charge in [-0.05, 0) is 35.7 Å². The molecule has 9 heteroatoms. The number of hydrogen-bond donors (Lipinski definition) is 4. The van der Waals surface area contributed by atoms with Gasteiger partial charge in [-0.25, -0.2) is 14.6 Å². The zero-order valence-corrected chi connectivity index (χ0v) is 19.3. The molecule has 9 nitrogen and oxygen atoms in total. The van der Waals surface area contributed by atoms with E-state index in [4.69, 9.17) is 20.0 Å². The van der Waals surface area contributed by atoms with Crippen molar-refractivity contribution in [3.05, 3.63) is 83.4 Å². The van der Waals surface area contributed by atoms with Crippen molar-refractivity contribution in [3.63, 3.8) is 0 Å². The molecular formula is C26H25N4O5+. The van der Waals surface area contributed by atoms with Gasteiger partial charge in [0.05, 0.1) is 13.7 Å². The first-order valence-electron chi connectivity index (χ1n) is 11.0. The Morgan fingerprint density at radius 1 is 1.03 bits per heavy atom. The number of carbonyl (C=O) groups is 2. The molecule has 0 aliphatic heterocycles. The molecule has 4 rings (SSSR count). The maximum absolute atomic E-state index is 12.4. The number of amides is 1. The molecule has 0 fully saturated rings. The van der Waals surface area contributed by atoms with Crippen LogP contribution in [-0.4, -0.2) is 41.7 Å². The minimum absolute atomic E-state index is 0.191. The summed E-state index contributed by atoms with van der Waals surface area (Å²) in [4.78, 5) is 26.6. The zero-order valence-electron chi connectivity index (χ0n) is 19.3. The van der Waals surface area contributed by atoms with Crippen molar-refractivity contribution in [1.82, 2.24) is 10.3 Å². The molecule has 35 heavy (non-hydrogen) atoms. The van der Waals surface area contributed by atoms with Gasteiger partial charge in [-0.3, -0.25) is 10.7 Å². The maximum Gasteiger partial charge on any atom is 0.455 e. The van der Waals surface area contributed by atoms with Crippen LogP contribution in [0.2, 0.25) is 0 Å². The molecule has 0 saturated carbocycles. The molecular weight excluding hydrogens is 448 g/mol. The molecule has 178 valence electrons. The Labute approximate surface area is 201 Å². The summed E-state index contributed by atoms with van der Waals surface area (Å²) >= 11 is 0. The average Bonchev–Trinajstić information content (AvgIpc) is 3.21. The van der Waals surface area contributed by atoms with Crippen LogP contribution in [0.1, 0.15) is 28.4 Å². The number of fused-ring (bicyclic) bond motifs is 1. The van der Waals surface area contributed by atoms with Gasteiger partial charge in [0.15, 0.2) is 11.0 Å². The van der Waals surface area contributed by atoms with Crippen LogP contribution in [-0.2, 0) is 11.3 Å². The van der Waals surface area contributed by atoms with E-state index in [1.807, 2.05) is 54.0 Å². The molecule has 0 unspecified atom stereocenters. The lowest BCUT2D eigenvalue weighted by molar-refractivity contribution is -0.668. The van der Waals surface area contributed by atoms with Crippen molar-refractivity contribution in [3.8, 4) is 17.1 Å². The fraction of sp³-hybridized carbons (Fsp3) is 0.154. The van der Waals surface area contributed by atoms with E-state index in [0.29, 0.717) is 35.8 Å². The number of carboxylic acid groups (broad SMARTS) is 1. The number of nitrogens with zero attached hydrogens (tertiary/aromatic N) is 1. The van der Waals surface area contributed by atoms with Crippen molar-refractivity contribution in [2.45, 2.75) is 13.5 Å². The number of para-hydroxylation sites is 1. The number of methoxy groups -OCH3 is 1. The van der Waals surface area contributed by atoms with Gasteiger partial charge in [0.1, 0.15) is 17.9 Å². The third-order valence-electron chi connectivity index (χ3n) is 5.51. The fourth-order valence-corrected chi connectivity index (χ4v) is 4.00. The highest BCUT2D eigenvalue weighted by molar-refractivity contribution is 6.08. The molecule has 4 aromatic rings. The van der Waals surface area contributed by atoms with Gasteiger partial charge in [-0.15, -0.1) is 0 Å². The lowest BCUT2D eigenvalue weighted by Gasteiger charge is -2.11. The van der Waals surface area contributed by atoms with Crippen LogP contribution in [0.4, 0.5) is 4.79 Å². The number of H-pyrrole nitrogens is 1. The van der Waals surface area contributed by atoms with Crippen LogP contribution >= 0.6 is 0 Å². The standard InChI is InChI=1S/C26H24N4O5/c1-3-35-25-28-21-10-6-9-20(24(31)34-2)22(21)30(25)15-16-11-13-17(14-12-16)18-7-4-5-8-19(18)23(27)29-26(32)33/h4-14H,3,15H2,1-2H3,(H3,27,29,32,33)/p+1. The normalized spacial score (nSPS) is 10.7. The van der Waals surface area contributed by atoms with Crippen molar-refractivity contribution >= 4 is 28.9 Å². The van der Waals surface area contributed by atoms with Crippen molar-refractivity contribution < 1.29 is 28.7 Å². The summed E-state index contributed by atoms with van der Waals surface area (Å²) in [6, 6.07) is 20.8. The van der Waals surface area contributed by atoms with Crippen molar-refractivity contribution in [2.75, 3.05) is 13.7 Å². The highest BCUT2D eigenvalue weighted by Gasteiger charge is 2.26. The number of aromatic amines is 1. The number of hydrogen-bond acceptors (Lipinski definition) is 5. The van der Waals surface area contributed by atoms with E-state index in [1.165, 1.54) is 7.11 Å². The van der Waals surface area contributed by atoms with E-state index in [2.05, 4.69) is 10.3 Å². The van der Waals surface area contributed by atoms with Crippen LogP contribution in [0, 0.1) is 5.41 Å². The molecule has 0 radical (unpaired) electrons. The Morgan fingerprint density at radius 2 is 1.74 bits per heavy atom. The van der Waals surface area contributed by atoms with Gasteiger partial charge < -0.3 is 14.6 Å². The Kier molecular flexibility index (Phi) is 6.77. The Balaban J connectivity index is 1.71. The number of aromatic nitrogens is 2. The van der Waals surface area contributed by atoms with Gasteiger partial charge in [-0.1, -0.05) is 54.6 Å². The SMILES string of the molecule is CCOc1[nH]c2cccc(C(=O)OC)c2[n+]1Cc1ccc(-c2ccccc2C(=N)NC(=O)O)cc1. The first kappa shape index (κ1) is 23.5. The molecule has 1 amide bonds. The number of benzene rings is 3. The number of amidine groups is 1. The second-order valence-electron chi connectivity index (χ2n) is 7.69. The van der Waals surface area contributed by atoms with E-state index in [9.17, 15) is 9.59 Å². The van der Waals surface area contributed by atoms with E-state index in [1.54, 1.807) is 24.3 Å². The summed E-state index contributed by atoms with van der Waals surface area (Å²) in [5, 5.41) is 19.2. The molecule has 0 bridgehead atoms. The van der Waals surface area contributed by atoms with Crippen LogP contribution in [0.25, 0.3) is 22.2 Å². The van der Waals surface area contributed by atoms with E-state index < -0.39 is 12.1 Å². The number of rotatable bonds is 7. The quantitative estimate of drug-likeness (QED) is 0.140. The molecule has 3 aromatic carbocycles. The van der Waals surface area contributed by atoms with E-state index in [-0.39, 0.29) is 5.84 Å². The first-order valence-corrected chi connectivity index (χ1v) is 11.0. The molecule has 1 aromatic heterocycles. The summed E-state index contributed by atoms with van der Waals surface area (Å²) < 4.78 is 12.7. The Morgan fingerprint density at radius 3 is 2.43 bits per heavy atom. The third-order valence-corrected chi connectivity index (χ3v) is 5.51. The Bertz CT molecular complexity index is 1410. The van der Waals surface area contributed by atoms with Crippen molar-refractivity contribution in [1.29, 1.82) is 5.41 Å². The number of imidazole rings is 1. The second-order valence-corrected chi connectivity index (χ2v) is 7.69.